The molecule has 0 fully saturated rings. The third-order valence-electron chi connectivity index (χ3n) is 3.14. The Kier molecular flexibility index (Phi) is 6.20. The Labute approximate surface area is 148 Å². The van der Waals surface area contributed by atoms with Crippen LogP contribution in [0.1, 0.15) is 11.1 Å². The quantitative estimate of drug-likeness (QED) is 0.521. The van der Waals surface area contributed by atoms with E-state index in [9.17, 15) is 9.90 Å². The minimum absolute atomic E-state index is 0.0149. The van der Waals surface area contributed by atoms with Gasteiger partial charge < -0.3 is 15.2 Å². The largest absolute Gasteiger partial charge is 0.503 e. The molecule has 126 valence electrons. The zero-order chi connectivity index (χ0) is 17.5. The van der Waals surface area contributed by atoms with Crippen molar-refractivity contribution in [2.75, 3.05) is 19.0 Å². The van der Waals surface area contributed by atoms with Crippen molar-refractivity contribution >= 4 is 33.7 Å². The van der Waals surface area contributed by atoms with Crippen LogP contribution in [-0.2, 0) is 4.79 Å². The van der Waals surface area contributed by atoms with Crippen molar-refractivity contribution in [3.63, 3.8) is 0 Å². The summed E-state index contributed by atoms with van der Waals surface area (Å²) < 4.78 is 5.53. The number of hydrogen-bond acceptors (Lipinski definition) is 5. The first kappa shape index (κ1) is 17.8. The Bertz CT molecular complexity index is 763. The third-order valence-corrected chi connectivity index (χ3v) is 3.75. The molecule has 0 bridgehead atoms. The maximum absolute atomic E-state index is 11.8. The van der Waals surface area contributed by atoms with Gasteiger partial charge in [-0.2, -0.15) is 5.10 Å². The van der Waals surface area contributed by atoms with Crippen molar-refractivity contribution in [1.29, 1.82) is 0 Å². The van der Waals surface area contributed by atoms with Gasteiger partial charge >= 0.3 is 0 Å². The fraction of sp³-hybridized carbons (Fsp3) is 0.176. The number of nitrogens with zero attached hydrogens (tertiary/aromatic N) is 1. The molecule has 2 aromatic rings. The van der Waals surface area contributed by atoms with Gasteiger partial charge in [0.2, 0.25) is 0 Å². The van der Waals surface area contributed by atoms with Gasteiger partial charge in [0.25, 0.3) is 5.91 Å². The normalized spacial score (nSPS) is 10.6. The molecule has 0 unspecified atom stereocenters. The molecule has 0 atom stereocenters. The van der Waals surface area contributed by atoms with Gasteiger partial charge in [0, 0.05) is 5.69 Å². The molecule has 2 rings (SSSR count). The molecule has 0 aromatic heterocycles. The number of anilines is 1. The number of halogens is 1. The average Bonchev–Trinajstić information content (AvgIpc) is 2.56. The number of hydrogen-bond donors (Lipinski definition) is 3. The van der Waals surface area contributed by atoms with Crippen molar-refractivity contribution in [3.05, 3.63) is 52.0 Å². The molecular weight excluding hydrogens is 374 g/mol. The summed E-state index contributed by atoms with van der Waals surface area (Å²) in [5, 5.41) is 16.7. The van der Waals surface area contributed by atoms with Crippen LogP contribution in [0.3, 0.4) is 0 Å². The summed E-state index contributed by atoms with van der Waals surface area (Å²) in [5.74, 6) is 0.0665. The molecule has 7 heteroatoms. The number of methoxy groups -OCH3 is 1. The third kappa shape index (κ3) is 4.99. The molecule has 0 aliphatic rings. The van der Waals surface area contributed by atoms with Crippen molar-refractivity contribution in [2.45, 2.75) is 6.92 Å². The highest BCUT2D eigenvalue weighted by molar-refractivity contribution is 9.10. The van der Waals surface area contributed by atoms with Crippen LogP contribution in [0.15, 0.2) is 46.0 Å². The van der Waals surface area contributed by atoms with Crippen molar-refractivity contribution < 1.29 is 14.6 Å². The van der Waals surface area contributed by atoms with Gasteiger partial charge in [-0.15, -0.1) is 0 Å². The highest BCUT2D eigenvalue weighted by atomic mass is 79.9. The molecule has 3 N–H and O–H groups in total. The van der Waals surface area contributed by atoms with Crippen LogP contribution in [0.25, 0.3) is 0 Å². The lowest BCUT2D eigenvalue weighted by atomic mass is 10.2. The van der Waals surface area contributed by atoms with Crippen molar-refractivity contribution in [3.8, 4) is 11.5 Å². The standard InChI is InChI=1S/C17H18BrN3O3/c1-11-4-3-5-13(6-11)19-10-16(22)21-20-9-12-7-14(18)17(23)15(8-12)24-2/h3-9,19,23H,10H2,1-2H3,(H,21,22). The number of aryl methyl sites for hydroxylation is 1. The van der Waals surface area contributed by atoms with Crippen molar-refractivity contribution in [1.82, 2.24) is 5.43 Å². The minimum Gasteiger partial charge on any atom is -0.503 e. The van der Waals surface area contributed by atoms with E-state index in [0.29, 0.717) is 15.8 Å². The molecule has 0 radical (unpaired) electrons. The van der Waals surface area contributed by atoms with Gasteiger partial charge in [0.05, 0.1) is 24.3 Å². The van der Waals surface area contributed by atoms with Gasteiger partial charge in [-0.1, -0.05) is 12.1 Å². The molecule has 2 aromatic carbocycles. The second-order valence-corrected chi connectivity index (χ2v) is 5.92. The average molecular weight is 392 g/mol. The zero-order valence-corrected chi connectivity index (χ0v) is 14.9. The number of phenolic OH excluding ortho intramolecular Hbond substituents is 1. The summed E-state index contributed by atoms with van der Waals surface area (Å²) in [7, 11) is 1.46. The van der Waals surface area contributed by atoms with E-state index < -0.39 is 0 Å². The van der Waals surface area contributed by atoms with E-state index in [1.165, 1.54) is 13.3 Å². The Morgan fingerprint density at radius 3 is 2.88 bits per heavy atom. The van der Waals surface area contributed by atoms with E-state index in [0.717, 1.165) is 11.3 Å². The second-order valence-electron chi connectivity index (χ2n) is 5.07. The van der Waals surface area contributed by atoms with Crippen LogP contribution >= 0.6 is 15.9 Å². The maximum Gasteiger partial charge on any atom is 0.259 e. The van der Waals surface area contributed by atoms with Gasteiger partial charge in [-0.05, 0) is 58.2 Å². The van der Waals surface area contributed by atoms with E-state index in [4.69, 9.17) is 4.74 Å². The Hall–Kier alpha value is -2.54. The van der Waals surface area contributed by atoms with Crippen LogP contribution in [0.4, 0.5) is 5.69 Å². The lowest BCUT2D eigenvalue weighted by molar-refractivity contribution is -0.119. The summed E-state index contributed by atoms with van der Waals surface area (Å²) in [5.41, 5.74) is 5.10. The van der Waals surface area contributed by atoms with E-state index in [1.54, 1.807) is 12.1 Å². The van der Waals surface area contributed by atoms with Gasteiger partial charge in [-0.25, -0.2) is 5.43 Å². The number of aromatic hydroxyl groups is 1. The number of hydrazone groups is 1. The lowest BCUT2D eigenvalue weighted by Gasteiger charge is -2.07. The molecule has 0 aliphatic heterocycles. The summed E-state index contributed by atoms with van der Waals surface area (Å²) in [6.45, 7) is 2.10. The number of benzene rings is 2. The monoisotopic (exact) mass is 391 g/mol. The van der Waals surface area contributed by atoms with Crippen LogP contribution in [0.2, 0.25) is 0 Å². The highest BCUT2D eigenvalue weighted by Gasteiger charge is 2.07. The summed E-state index contributed by atoms with van der Waals surface area (Å²) in [6, 6.07) is 11.0. The molecule has 1 amide bonds. The van der Waals surface area contributed by atoms with E-state index >= 15 is 0 Å². The fourth-order valence-electron chi connectivity index (χ4n) is 1.98. The predicted octanol–water partition coefficient (Wildman–Crippen LogP) is 3.03. The molecule has 0 saturated carbocycles. The molecule has 0 aliphatic carbocycles. The second kappa shape index (κ2) is 8.35. The highest BCUT2D eigenvalue weighted by Crippen LogP contribution is 2.34. The molecule has 24 heavy (non-hydrogen) atoms. The summed E-state index contributed by atoms with van der Waals surface area (Å²) >= 11 is 3.23. The number of ether oxygens (including phenoxy) is 1. The SMILES string of the molecule is COc1cc(C=NNC(=O)CNc2cccc(C)c2)cc(Br)c1O. The number of carbonyl (C=O) groups is 1. The Morgan fingerprint density at radius 2 is 2.17 bits per heavy atom. The number of rotatable bonds is 6. The number of amides is 1. The molecule has 0 heterocycles. The van der Waals surface area contributed by atoms with Gasteiger partial charge in [0.15, 0.2) is 11.5 Å². The molecule has 6 nitrogen and oxygen atoms in total. The zero-order valence-electron chi connectivity index (χ0n) is 13.3. The Morgan fingerprint density at radius 1 is 1.38 bits per heavy atom. The molecule has 0 saturated heterocycles. The first-order chi connectivity index (χ1) is 11.5. The predicted molar refractivity (Wildman–Crippen MR) is 97.8 cm³/mol. The first-order valence-corrected chi connectivity index (χ1v) is 7.98. The molecular formula is C17H18BrN3O3. The minimum atomic E-state index is -0.266. The van der Waals surface area contributed by atoms with E-state index in [2.05, 4.69) is 31.8 Å². The van der Waals surface area contributed by atoms with Crippen LogP contribution in [-0.4, -0.2) is 30.9 Å². The van der Waals surface area contributed by atoms with E-state index in [1.807, 2.05) is 31.2 Å². The van der Waals surface area contributed by atoms with Crippen LogP contribution in [0, 0.1) is 6.92 Å². The number of phenols is 1. The number of carbonyl (C=O) groups excluding carboxylic acids is 1. The first-order valence-electron chi connectivity index (χ1n) is 7.18. The van der Waals surface area contributed by atoms with Crippen LogP contribution in [0.5, 0.6) is 11.5 Å². The van der Waals surface area contributed by atoms with Crippen LogP contribution < -0.4 is 15.5 Å². The Balaban J connectivity index is 1.89. The number of nitrogens with one attached hydrogen (secondary N) is 2. The molecule has 0 spiro atoms. The fourth-order valence-corrected chi connectivity index (χ4v) is 2.44. The summed E-state index contributed by atoms with van der Waals surface area (Å²) in [6.07, 6.45) is 1.47. The lowest BCUT2D eigenvalue weighted by Crippen LogP contribution is -2.25. The smallest absolute Gasteiger partial charge is 0.259 e. The topological polar surface area (TPSA) is 83.0 Å². The van der Waals surface area contributed by atoms with Gasteiger partial charge in [-0.3, -0.25) is 4.79 Å². The summed E-state index contributed by atoms with van der Waals surface area (Å²) in [4.78, 5) is 11.8. The van der Waals surface area contributed by atoms with Crippen molar-refractivity contribution in [2.24, 2.45) is 5.10 Å². The van der Waals surface area contributed by atoms with Gasteiger partial charge in [0.1, 0.15) is 0 Å². The van der Waals surface area contributed by atoms with E-state index in [-0.39, 0.29) is 18.2 Å². The maximum atomic E-state index is 11.8.